The maximum absolute atomic E-state index is 13.0. The summed E-state index contributed by atoms with van der Waals surface area (Å²) in [6.07, 6.45) is 6.55. The third kappa shape index (κ3) is 4.08. The van der Waals surface area contributed by atoms with Crippen LogP contribution in [0, 0.1) is 0 Å². The predicted molar refractivity (Wildman–Crippen MR) is 123 cm³/mol. The normalized spacial score (nSPS) is 15.4. The van der Waals surface area contributed by atoms with Gasteiger partial charge in [0.25, 0.3) is 0 Å². The van der Waals surface area contributed by atoms with Crippen molar-refractivity contribution in [2.45, 2.75) is 25.8 Å². The van der Waals surface area contributed by atoms with Gasteiger partial charge in [-0.1, -0.05) is 6.07 Å². The Morgan fingerprint density at radius 3 is 2.75 bits per heavy atom. The summed E-state index contributed by atoms with van der Waals surface area (Å²) in [5.41, 5.74) is 3.69. The van der Waals surface area contributed by atoms with E-state index in [1.54, 1.807) is 19.5 Å². The van der Waals surface area contributed by atoms with Gasteiger partial charge in [0.2, 0.25) is 0 Å². The van der Waals surface area contributed by atoms with Gasteiger partial charge in [-0.25, -0.2) is 14.8 Å². The van der Waals surface area contributed by atoms with E-state index in [-0.39, 0.29) is 6.03 Å². The number of amides is 2. The number of hydrogen-bond donors (Lipinski definition) is 1. The second-order valence-electron chi connectivity index (χ2n) is 8.07. The number of benzene rings is 1. The SMILES string of the molecule is COc1cccc(NC(=O)N2CCc3nc(-c4cccnc4)nc(N4CCCC4)c3C2)c1. The van der Waals surface area contributed by atoms with E-state index in [1.165, 1.54) is 0 Å². The zero-order valence-electron chi connectivity index (χ0n) is 18.1. The van der Waals surface area contributed by atoms with Crippen molar-refractivity contribution in [3.05, 3.63) is 60.0 Å². The van der Waals surface area contributed by atoms with Crippen molar-refractivity contribution in [2.24, 2.45) is 0 Å². The average molecular weight is 431 g/mol. The number of aromatic nitrogens is 3. The first-order valence-corrected chi connectivity index (χ1v) is 11.0. The zero-order valence-corrected chi connectivity index (χ0v) is 18.1. The molecular weight excluding hydrogens is 404 g/mol. The summed E-state index contributed by atoms with van der Waals surface area (Å²) >= 11 is 0. The number of ether oxygens (including phenoxy) is 1. The number of methoxy groups -OCH3 is 1. The minimum absolute atomic E-state index is 0.132. The van der Waals surface area contributed by atoms with Crippen LogP contribution in [0.4, 0.5) is 16.3 Å². The van der Waals surface area contributed by atoms with Gasteiger partial charge in [-0.2, -0.15) is 0 Å². The number of nitrogens with one attached hydrogen (secondary N) is 1. The molecular formula is C24H26N6O2. The molecule has 2 amide bonds. The lowest BCUT2D eigenvalue weighted by Gasteiger charge is -2.32. The summed E-state index contributed by atoms with van der Waals surface area (Å²) in [7, 11) is 1.61. The maximum Gasteiger partial charge on any atom is 0.322 e. The van der Waals surface area contributed by atoms with Gasteiger partial charge in [0.1, 0.15) is 11.6 Å². The van der Waals surface area contributed by atoms with E-state index in [1.807, 2.05) is 41.3 Å². The fourth-order valence-electron chi connectivity index (χ4n) is 4.29. The van der Waals surface area contributed by atoms with Crippen molar-refractivity contribution in [2.75, 3.05) is 37.0 Å². The van der Waals surface area contributed by atoms with E-state index in [4.69, 9.17) is 14.7 Å². The molecule has 3 aromatic rings. The third-order valence-electron chi connectivity index (χ3n) is 5.97. The zero-order chi connectivity index (χ0) is 21.9. The first kappa shape index (κ1) is 20.2. The largest absolute Gasteiger partial charge is 0.497 e. The van der Waals surface area contributed by atoms with E-state index >= 15 is 0 Å². The number of fused-ring (bicyclic) bond motifs is 1. The Morgan fingerprint density at radius 2 is 1.97 bits per heavy atom. The molecule has 0 atom stereocenters. The van der Waals surface area contributed by atoms with Crippen LogP contribution in [0.15, 0.2) is 48.8 Å². The van der Waals surface area contributed by atoms with Gasteiger partial charge in [-0.15, -0.1) is 0 Å². The van der Waals surface area contributed by atoms with E-state index in [0.29, 0.717) is 36.8 Å². The number of hydrogen-bond acceptors (Lipinski definition) is 6. The molecule has 32 heavy (non-hydrogen) atoms. The Labute approximate surface area is 187 Å². The number of carbonyl (C=O) groups is 1. The molecule has 164 valence electrons. The van der Waals surface area contributed by atoms with Crippen molar-refractivity contribution in [3.63, 3.8) is 0 Å². The topological polar surface area (TPSA) is 83.5 Å². The van der Waals surface area contributed by atoms with E-state index in [0.717, 1.165) is 48.6 Å². The highest BCUT2D eigenvalue weighted by molar-refractivity contribution is 5.89. The van der Waals surface area contributed by atoms with Gasteiger partial charge < -0.3 is 19.9 Å². The van der Waals surface area contributed by atoms with Crippen molar-refractivity contribution in [1.82, 2.24) is 19.9 Å². The third-order valence-corrected chi connectivity index (χ3v) is 5.97. The van der Waals surface area contributed by atoms with Crippen LogP contribution in [0.25, 0.3) is 11.4 Å². The van der Waals surface area contributed by atoms with Crippen LogP contribution in [0.3, 0.4) is 0 Å². The smallest absolute Gasteiger partial charge is 0.322 e. The van der Waals surface area contributed by atoms with E-state index in [2.05, 4.69) is 15.2 Å². The summed E-state index contributed by atoms with van der Waals surface area (Å²) in [6, 6.07) is 11.1. The van der Waals surface area contributed by atoms with Crippen molar-refractivity contribution in [1.29, 1.82) is 0 Å². The van der Waals surface area contributed by atoms with Crippen LogP contribution in [0.5, 0.6) is 5.75 Å². The minimum Gasteiger partial charge on any atom is -0.497 e. The van der Waals surface area contributed by atoms with Crippen LogP contribution in [-0.4, -0.2) is 52.6 Å². The molecule has 1 N–H and O–H groups in total. The van der Waals surface area contributed by atoms with Crippen LogP contribution in [0.2, 0.25) is 0 Å². The van der Waals surface area contributed by atoms with Gasteiger partial charge in [-0.3, -0.25) is 4.98 Å². The Kier molecular flexibility index (Phi) is 5.58. The molecule has 8 heteroatoms. The Hall–Kier alpha value is -3.68. The molecule has 2 aliphatic rings. The fourth-order valence-corrected chi connectivity index (χ4v) is 4.29. The standard InChI is InChI=1S/C24H26N6O2/c1-32-19-8-4-7-18(14-19)26-24(31)30-13-9-21-20(16-30)23(29-11-2-3-12-29)28-22(27-21)17-6-5-10-25-15-17/h4-8,10,14-15H,2-3,9,11-13,16H2,1H3,(H,26,31). The van der Waals surface area contributed by atoms with E-state index < -0.39 is 0 Å². The van der Waals surface area contributed by atoms with E-state index in [9.17, 15) is 4.79 Å². The molecule has 0 bridgehead atoms. The summed E-state index contributed by atoms with van der Waals surface area (Å²) in [6.45, 7) is 3.05. The molecule has 0 aliphatic carbocycles. The quantitative estimate of drug-likeness (QED) is 0.679. The predicted octanol–water partition coefficient (Wildman–Crippen LogP) is 3.74. The van der Waals surface area contributed by atoms with Crippen LogP contribution >= 0.6 is 0 Å². The average Bonchev–Trinajstić information content (AvgIpc) is 3.38. The summed E-state index contributed by atoms with van der Waals surface area (Å²) < 4.78 is 5.26. The van der Waals surface area contributed by atoms with Gasteiger partial charge in [-0.05, 0) is 37.1 Å². The lowest BCUT2D eigenvalue weighted by Crippen LogP contribution is -2.40. The van der Waals surface area contributed by atoms with Gasteiger partial charge in [0, 0.05) is 61.3 Å². The lowest BCUT2D eigenvalue weighted by atomic mass is 10.1. The molecule has 0 spiro atoms. The number of carbonyl (C=O) groups excluding carboxylic acids is 1. The van der Waals surface area contributed by atoms with Crippen LogP contribution in [0.1, 0.15) is 24.1 Å². The Bertz CT molecular complexity index is 1110. The first-order chi connectivity index (χ1) is 15.7. The Morgan fingerprint density at radius 1 is 1.09 bits per heavy atom. The molecule has 2 aromatic heterocycles. The Balaban J connectivity index is 1.43. The van der Waals surface area contributed by atoms with Crippen molar-refractivity contribution in [3.8, 4) is 17.1 Å². The van der Waals surface area contributed by atoms with Crippen molar-refractivity contribution >= 4 is 17.5 Å². The molecule has 1 aromatic carbocycles. The second kappa shape index (κ2) is 8.82. The number of rotatable bonds is 4. The summed E-state index contributed by atoms with van der Waals surface area (Å²) in [5.74, 6) is 2.36. The number of anilines is 2. The summed E-state index contributed by atoms with van der Waals surface area (Å²) in [4.78, 5) is 31.2. The van der Waals surface area contributed by atoms with Crippen LogP contribution < -0.4 is 15.0 Å². The van der Waals surface area contributed by atoms with Crippen LogP contribution in [-0.2, 0) is 13.0 Å². The molecule has 0 unspecified atom stereocenters. The number of nitrogens with zero attached hydrogens (tertiary/aromatic N) is 5. The monoisotopic (exact) mass is 430 g/mol. The maximum atomic E-state index is 13.0. The molecule has 5 rings (SSSR count). The molecule has 2 aliphatic heterocycles. The van der Waals surface area contributed by atoms with Crippen molar-refractivity contribution < 1.29 is 9.53 Å². The lowest BCUT2D eigenvalue weighted by molar-refractivity contribution is 0.206. The molecule has 0 radical (unpaired) electrons. The number of pyridine rings is 1. The molecule has 4 heterocycles. The molecule has 8 nitrogen and oxygen atoms in total. The highest BCUT2D eigenvalue weighted by Gasteiger charge is 2.29. The minimum atomic E-state index is -0.132. The van der Waals surface area contributed by atoms with Gasteiger partial charge >= 0.3 is 6.03 Å². The highest BCUT2D eigenvalue weighted by atomic mass is 16.5. The summed E-state index contributed by atoms with van der Waals surface area (Å²) in [5, 5.41) is 2.99. The first-order valence-electron chi connectivity index (χ1n) is 11.0. The molecule has 1 fully saturated rings. The molecule has 0 saturated carbocycles. The second-order valence-corrected chi connectivity index (χ2v) is 8.07. The number of urea groups is 1. The van der Waals surface area contributed by atoms with Gasteiger partial charge in [0.15, 0.2) is 5.82 Å². The fraction of sp³-hybridized carbons (Fsp3) is 0.333. The molecule has 1 saturated heterocycles. The highest BCUT2D eigenvalue weighted by Crippen LogP contribution is 2.31. The van der Waals surface area contributed by atoms with Gasteiger partial charge in [0.05, 0.1) is 19.3 Å².